The quantitative estimate of drug-likeness (QED) is 0.0540. The van der Waals surface area contributed by atoms with Gasteiger partial charge >= 0.3 is 0 Å². The van der Waals surface area contributed by atoms with Gasteiger partial charge in [-0.3, -0.25) is 4.79 Å². The summed E-state index contributed by atoms with van der Waals surface area (Å²) in [5, 5.41) is 7.55. The van der Waals surface area contributed by atoms with Crippen molar-refractivity contribution in [2.75, 3.05) is 13.2 Å². The van der Waals surface area contributed by atoms with E-state index in [0.717, 1.165) is 70.0 Å². The molecule has 6 rings (SSSR count). The van der Waals surface area contributed by atoms with Crippen LogP contribution in [0, 0.1) is 17.8 Å². The summed E-state index contributed by atoms with van der Waals surface area (Å²) >= 11 is 7.14. The molecule has 0 saturated heterocycles. The SMILES string of the molecule is CCCCCCC(CCCC)Cn1c(=O)c2cc(-c3cc4c(OCC(CC)CCCC)c5sccc5c(OCC(CC)CCCC)c4s3)sc2c2sccc21. The molecule has 0 aliphatic carbocycles. The molecular formula is C47H65NO3S4. The lowest BCUT2D eigenvalue weighted by atomic mass is 9.95. The minimum absolute atomic E-state index is 0.170. The van der Waals surface area contributed by atoms with E-state index >= 15 is 0 Å². The minimum Gasteiger partial charge on any atom is -0.491 e. The number of fused-ring (bicyclic) bond motifs is 5. The molecule has 3 atom stereocenters. The van der Waals surface area contributed by atoms with Crippen molar-refractivity contribution in [3.63, 3.8) is 0 Å². The molecule has 300 valence electrons. The summed E-state index contributed by atoms with van der Waals surface area (Å²) in [6, 6.07) is 8.95. The molecule has 5 aromatic heterocycles. The van der Waals surface area contributed by atoms with Crippen LogP contribution in [0.25, 0.3) is 50.2 Å². The van der Waals surface area contributed by atoms with Crippen molar-refractivity contribution in [3.05, 3.63) is 45.4 Å². The van der Waals surface area contributed by atoms with Crippen molar-refractivity contribution in [1.29, 1.82) is 0 Å². The number of thiophene rings is 4. The van der Waals surface area contributed by atoms with E-state index in [-0.39, 0.29) is 5.56 Å². The Kier molecular flexibility index (Phi) is 16.0. The van der Waals surface area contributed by atoms with Crippen LogP contribution in [-0.2, 0) is 6.54 Å². The Hall–Kier alpha value is -2.39. The fourth-order valence-electron chi connectivity index (χ4n) is 8.14. The van der Waals surface area contributed by atoms with Crippen LogP contribution in [-0.4, -0.2) is 17.8 Å². The molecule has 0 aliphatic rings. The maximum absolute atomic E-state index is 14.5. The second-order valence-electron chi connectivity index (χ2n) is 15.9. The molecule has 6 aromatic rings. The van der Waals surface area contributed by atoms with Crippen molar-refractivity contribution < 1.29 is 9.47 Å². The number of ether oxygens (including phenoxy) is 2. The summed E-state index contributed by atoms with van der Waals surface area (Å²) in [7, 11) is 0. The standard InChI is InChI=1S/C47H65NO3S4/c1-7-13-17-18-22-34(21-16-10-4)29-48-38-24-26-53-46(38)45-37(47(48)49)28-40(55-45)39-27-36-42(51-31-33(12-6)20-15-9-3)43-35(23-25-52-43)41(44(36)54-39)50-30-32(11-5)19-14-8-2/h23-28,32-34H,7-22,29-31H2,1-6H3. The molecule has 0 amide bonds. The van der Waals surface area contributed by atoms with Crippen LogP contribution in [0.3, 0.4) is 0 Å². The van der Waals surface area contributed by atoms with E-state index < -0.39 is 0 Å². The number of unbranched alkanes of at least 4 members (excludes halogenated alkanes) is 6. The van der Waals surface area contributed by atoms with Crippen molar-refractivity contribution >= 4 is 85.8 Å². The normalized spacial score (nSPS) is 13.8. The number of pyridine rings is 1. The van der Waals surface area contributed by atoms with Crippen LogP contribution in [0.1, 0.15) is 144 Å². The lowest BCUT2D eigenvalue weighted by molar-refractivity contribution is 0.235. The predicted molar refractivity (Wildman–Crippen MR) is 247 cm³/mol. The molecule has 0 bridgehead atoms. The van der Waals surface area contributed by atoms with Crippen LogP contribution in [0.15, 0.2) is 39.8 Å². The molecule has 0 fully saturated rings. The van der Waals surface area contributed by atoms with Gasteiger partial charge in [0.1, 0.15) is 11.5 Å². The van der Waals surface area contributed by atoms with E-state index in [1.165, 1.54) is 114 Å². The minimum atomic E-state index is 0.170. The molecule has 55 heavy (non-hydrogen) atoms. The first kappa shape index (κ1) is 42.2. The molecule has 0 radical (unpaired) electrons. The van der Waals surface area contributed by atoms with Crippen molar-refractivity contribution in [1.82, 2.24) is 4.57 Å². The van der Waals surface area contributed by atoms with Gasteiger partial charge in [0.15, 0.2) is 0 Å². The summed E-state index contributed by atoms with van der Waals surface area (Å²) < 4.78 is 20.7. The maximum Gasteiger partial charge on any atom is 0.259 e. The van der Waals surface area contributed by atoms with Crippen molar-refractivity contribution in [2.45, 2.75) is 151 Å². The Morgan fingerprint density at radius 2 is 1.11 bits per heavy atom. The van der Waals surface area contributed by atoms with Crippen molar-refractivity contribution in [3.8, 4) is 21.3 Å². The number of rotatable bonds is 25. The highest BCUT2D eigenvalue weighted by atomic mass is 32.1. The molecule has 0 spiro atoms. The summed E-state index contributed by atoms with van der Waals surface area (Å²) in [5.74, 6) is 3.62. The smallest absolute Gasteiger partial charge is 0.259 e. The zero-order chi connectivity index (χ0) is 38.7. The van der Waals surface area contributed by atoms with Gasteiger partial charge in [-0.1, -0.05) is 119 Å². The maximum atomic E-state index is 14.5. The molecule has 0 saturated carbocycles. The lowest BCUT2D eigenvalue weighted by Crippen LogP contribution is -2.24. The van der Waals surface area contributed by atoms with E-state index in [0.29, 0.717) is 17.8 Å². The number of hydrogen-bond acceptors (Lipinski definition) is 7. The Morgan fingerprint density at radius 1 is 0.564 bits per heavy atom. The van der Waals surface area contributed by atoms with Crippen LogP contribution >= 0.6 is 45.3 Å². The summed E-state index contributed by atoms with van der Waals surface area (Å²) in [6.07, 6.45) is 19.5. The fraction of sp³-hybridized carbons (Fsp3) is 0.596. The molecule has 0 N–H and O–H groups in total. The van der Waals surface area contributed by atoms with Crippen LogP contribution < -0.4 is 15.0 Å². The molecule has 5 heterocycles. The number of benzene rings is 1. The largest absolute Gasteiger partial charge is 0.491 e. The average molecular weight is 820 g/mol. The third kappa shape index (κ3) is 9.84. The van der Waals surface area contributed by atoms with Crippen LogP contribution in [0.5, 0.6) is 11.5 Å². The first-order valence-electron chi connectivity index (χ1n) is 21.7. The Bertz CT molecular complexity index is 2080. The number of aromatic nitrogens is 1. The van der Waals surface area contributed by atoms with Gasteiger partial charge in [0.2, 0.25) is 0 Å². The van der Waals surface area contributed by atoms with E-state index in [1.807, 2.05) is 11.3 Å². The highest BCUT2D eigenvalue weighted by molar-refractivity contribution is 7.31. The monoisotopic (exact) mass is 819 g/mol. The lowest BCUT2D eigenvalue weighted by Gasteiger charge is -2.19. The Balaban J connectivity index is 1.43. The first-order valence-corrected chi connectivity index (χ1v) is 25.1. The molecular weight excluding hydrogens is 755 g/mol. The first-order chi connectivity index (χ1) is 27.0. The summed E-state index contributed by atoms with van der Waals surface area (Å²) in [5.41, 5.74) is 1.28. The van der Waals surface area contributed by atoms with Crippen LogP contribution in [0.4, 0.5) is 0 Å². The fourth-order valence-corrected chi connectivity index (χ4v) is 12.5. The summed E-state index contributed by atoms with van der Waals surface area (Å²) in [6.45, 7) is 16.0. The predicted octanol–water partition coefficient (Wildman–Crippen LogP) is 16.3. The number of nitrogens with zero attached hydrogens (tertiary/aromatic N) is 1. The van der Waals surface area contributed by atoms with Crippen LogP contribution in [0.2, 0.25) is 0 Å². The van der Waals surface area contributed by atoms with Gasteiger partial charge in [0.05, 0.1) is 42.9 Å². The topological polar surface area (TPSA) is 40.5 Å². The van der Waals surface area contributed by atoms with Gasteiger partial charge in [-0.25, -0.2) is 0 Å². The second-order valence-corrected chi connectivity index (χ2v) is 19.8. The zero-order valence-electron chi connectivity index (χ0n) is 34.4. The molecule has 4 nitrogen and oxygen atoms in total. The van der Waals surface area contributed by atoms with E-state index in [9.17, 15) is 4.79 Å². The Morgan fingerprint density at radius 3 is 1.75 bits per heavy atom. The van der Waals surface area contributed by atoms with E-state index in [4.69, 9.17) is 9.47 Å². The molecule has 3 unspecified atom stereocenters. The van der Waals surface area contributed by atoms with Gasteiger partial charge in [-0.05, 0) is 78.5 Å². The van der Waals surface area contributed by atoms with Gasteiger partial charge in [-0.15, -0.1) is 45.3 Å². The van der Waals surface area contributed by atoms with Gasteiger partial charge in [-0.2, -0.15) is 0 Å². The molecule has 8 heteroatoms. The second kappa shape index (κ2) is 20.9. The third-order valence-corrected chi connectivity index (χ3v) is 16.2. The zero-order valence-corrected chi connectivity index (χ0v) is 37.7. The van der Waals surface area contributed by atoms with Crippen molar-refractivity contribution in [2.24, 2.45) is 17.8 Å². The van der Waals surface area contributed by atoms with Gasteiger partial charge in [0.25, 0.3) is 5.56 Å². The summed E-state index contributed by atoms with van der Waals surface area (Å²) in [4.78, 5) is 16.9. The highest BCUT2D eigenvalue weighted by Gasteiger charge is 2.25. The Labute approximate surface area is 346 Å². The van der Waals surface area contributed by atoms with E-state index in [1.54, 1.807) is 34.0 Å². The highest BCUT2D eigenvalue weighted by Crippen LogP contribution is 2.52. The third-order valence-electron chi connectivity index (χ3n) is 11.8. The number of hydrogen-bond donors (Lipinski definition) is 0. The molecule has 1 aromatic carbocycles. The van der Waals surface area contributed by atoms with Gasteiger partial charge in [0, 0.05) is 27.1 Å². The molecule has 0 aliphatic heterocycles. The van der Waals surface area contributed by atoms with E-state index in [2.05, 4.69) is 81.1 Å². The average Bonchev–Trinajstić information content (AvgIpc) is 4.03. The van der Waals surface area contributed by atoms with Gasteiger partial charge < -0.3 is 14.0 Å².